The molecule has 0 aliphatic carbocycles. The predicted octanol–water partition coefficient (Wildman–Crippen LogP) is 0.716. The Hall–Kier alpha value is -2.57. The average Bonchev–Trinajstić information content (AvgIpc) is 3.32. The van der Waals surface area contributed by atoms with Crippen molar-refractivity contribution in [3.8, 4) is 11.3 Å². The van der Waals surface area contributed by atoms with Crippen molar-refractivity contribution in [1.29, 1.82) is 0 Å². The Labute approximate surface area is 185 Å². The van der Waals surface area contributed by atoms with E-state index in [2.05, 4.69) is 15.3 Å². The molecular weight excluding hydrogens is 418 g/mol. The number of imidazole rings is 1. The first-order valence-corrected chi connectivity index (χ1v) is 10.8. The number of nitro benzene ring substituents is 1. The number of hydrogen-bond acceptors (Lipinski definition) is 9. The molecule has 32 heavy (non-hydrogen) atoms. The van der Waals surface area contributed by atoms with Gasteiger partial charge in [0, 0.05) is 24.7 Å². The van der Waals surface area contributed by atoms with Crippen LogP contribution in [-0.4, -0.2) is 90.8 Å². The smallest absolute Gasteiger partial charge is 0.292 e. The third-order valence-electron chi connectivity index (χ3n) is 5.91. The molecule has 11 heteroatoms. The van der Waals surface area contributed by atoms with Gasteiger partial charge in [-0.1, -0.05) is 18.9 Å². The first-order chi connectivity index (χ1) is 15.4. The molecule has 0 amide bonds. The number of hydrogen-bond donors (Lipinski definition) is 6. The first-order valence-electron chi connectivity index (χ1n) is 10.8. The lowest BCUT2D eigenvalue weighted by Crippen LogP contribution is -2.62. The van der Waals surface area contributed by atoms with E-state index in [1.165, 1.54) is 12.4 Å². The van der Waals surface area contributed by atoms with Gasteiger partial charge < -0.3 is 30.7 Å². The highest BCUT2D eigenvalue weighted by atomic mass is 16.6. The summed E-state index contributed by atoms with van der Waals surface area (Å²) >= 11 is 0. The van der Waals surface area contributed by atoms with Crippen LogP contribution in [0.1, 0.15) is 25.7 Å². The van der Waals surface area contributed by atoms with Gasteiger partial charge in [0.2, 0.25) is 0 Å². The lowest BCUT2D eigenvalue weighted by Gasteiger charge is -2.43. The maximum Gasteiger partial charge on any atom is 0.292 e. The second-order valence-electron chi connectivity index (χ2n) is 8.09. The molecule has 0 radical (unpaired) electrons. The van der Waals surface area contributed by atoms with E-state index in [0.29, 0.717) is 30.0 Å². The first kappa shape index (κ1) is 24.1. The molecular formula is C21H31N5O6. The summed E-state index contributed by atoms with van der Waals surface area (Å²) < 4.78 is 0. The van der Waals surface area contributed by atoms with Crippen LogP contribution in [-0.2, 0) is 0 Å². The zero-order valence-electron chi connectivity index (χ0n) is 17.8. The Morgan fingerprint density at radius 3 is 2.66 bits per heavy atom. The van der Waals surface area contributed by atoms with Crippen molar-refractivity contribution in [2.75, 3.05) is 31.6 Å². The van der Waals surface area contributed by atoms with E-state index in [-0.39, 0.29) is 18.8 Å². The number of β-amino-alcohol motifs (C(OH)–C–C–N with tert-alkyl or cyclic N) is 1. The zero-order valence-corrected chi connectivity index (χ0v) is 17.8. The summed E-state index contributed by atoms with van der Waals surface area (Å²) in [6, 6.07) is 4.44. The van der Waals surface area contributed by atoms with E-state index >= 15 is 0 Å². The van der Waals surface area contributed by atoms with Gasteiger partial charge in [0.05, 0.1) is 41.9 Å². The van der Waals surface area contributed by atoms with E-state index in [0.717, 1.165) is 25.7 Å². The summed E-state index contributed by atoms with van der Waals surface area (Å²) in [5.41, 5.74) is 1.89. The standard InChI is InChI=1S/C21H31N5O6/c27-12-18-20(29)21(30)19(28)11-25(18)8-4-2-1-3-7-23-15-6-5-14(9-17(15)26(31)32)16-10-22-13-24-16/h5-6,9-10,13,18-21,23,27-30H,1-4,7-8,11-12H2,(H,22,24)/t18-,19+,20-,21-/m1/s1. The molecule has 1 saturated heterocycles. The number of H-pyrrole nitrogens is 1. The van der Waals surface area contributed by atoms with Crippen molar-refractivity contribution in [1.82, 2.24) is 14.9 Å². The van der Waals surface area contributed by atoms with Crippen molar-refractivity contribution in [3.63, 3.8) is 0 Å². The fraction of sp³-hybridized carbons (Fsp3) is 0.571. The van der Waals surface area contributed by atoms with E-state index in [4.69, 9.17) is 0 Å². The van der Waals surface area contributed by atoms with Gasteiger partial charge in [0.25, 0.3) is 5.69 Å². The fourth-order valence-corrected chi connectivity index (χ4v) is 4.07. The van der Waals surface area contributed by atoms with Crippen LogP contribution in [0, 0.1) is 10.1 Å². The Bertz CT molecular complexity index is 864. The van der Waals surface area contributed by atoms with Gasteiger partial charge in [0.1, 0.15) is 17.9 Å². The van der Waals surface area contributed by atoms with Crippen LogP contribution in [0.5, 0.6) is 0 Å². The summed E-state index contributed by atoms with van der Waals surface area (Å²) in [5, 5.41) is 53.7. The molecule has 2 aromatic rings. The normalized spacial score (nSPS) is 23.9. The van der Waals surface area contributed by atoms with Gasteiger partial charge in [-0.15, -0.1) is 0 Å². The fourth-order valence-electron chi connectivity index (χ4n) is 4.07. The average molecular weight is 450 g/mol. The molecule has 1 aliphatic heterocycles. The van der Waals surface area contributed by atoms with Crippen molar-refractivity contribution in [2.24, 2.45) is 0 Å². The number of nitrogens with zero attached hydrogens (tertiary/aromatic N) is 3. The number of aromatic amines is 1. The molecule has 0 unspecified atom stereocenters. The zero-order chi connectivity index (χ0) is 23.1. The van der Waals surface area contributed by atoms with Crippen LogP contribution in [0.4, 0.5) is 11.4 Å². The van der Waals surface area contributed by atoms with E-state index in [1.807, 2.05) is 4.90 Å². The number of aliphatic hydroxyl groups excluding tert-OH is 4. The maximum atomic E-state index is 11.5. The van der Waals surface area contributed by atoms with Gasteiger partial charge in [-0.05, 0) is 25.5 Å². The van der Waals surface area contributed by atoms with Crippen LogP contribution >= 0.6 is 0 Å². The lowest BCUT2D eigenvalue weighted by molar-refractivity contribution is -0.383. The number of nitrogens with one attached hydrogen (secondary N) is 2. The summed E-state index contributed by atoms with van der Waals surface area (Å²) in [6.07, 6.45) is 3.11. The maximum absolute atomic E-state index is 11.5. The van der Waals surface area contributed by atoms with Gasteiger partial charge in [-0.2, -0.15) is 0 Å². The molecule has 0 saturated carbocycles. The number of nitro groups is 1. The number of rotatable bonds is 11. The van der Waals surface area contributed by atoms with E-state index < -0.39 is 29.3 Å². The highest BCUT2D eigenvalue weighted by Gasteiger charge is 2.40. The molecule has 1 aromatic heterocycles. The number of likely N-dealkylation sites (tertiary alicyclic amines) is 1. The van der Waals surface area contributed by atoms with Crippen LogP contribution in [0.15, 0.2) is 30.7 Å². The molecule has 6 N–H and O–H groups in total. The highest BCUT2D eigenvalue weighted by Crippen LogP contribution is 2.29. The number of aliphatic hydroxyl groups is 4. The van der Waals surface area contributed by atoms with Crippen molar-refractivity contribution >= 4 is 11.4 Å². The van der Waals surface area contributed by atoms with Crippen molar-refractivity contribution < 1.29 is 25.3 Å². The quantitative estimate of drug-likeness (QED) is 0.164. The van der Waals surface area contributed by atoms with Crippen LogP contribution in [0.25, 0.3) is 11.3 Å². The van der Waals surface area contributed by atoms with Crippen LogP contribution in [0.3, 0.4) is 0 Å². The van der Waals surface area contributed by atoms with Crippen LogP contribution < -0.4 is 5.32 Å². The van der Waals surface area contributed by atoms with Crippen LogP contribution in [0.2, 0.25) is 0 Å². The molecule has 2 heterocycles. The SMILES string of the molecule is O=[N+]([O-])c1cc(-c2cnc[nH]2)ccc1NCCCCCCN1C[C@H](O)[C@@H](O)[C@H](O)[C@H]1CO. The van der Waals surface area contributed by atoms with E-state index in [9.17, 15) is 30.5 Å². The lowest BCUT2D eigenvalue weighted by atomic mass is 9.94. The topological polar surface area (TPSA) is 168 Å². The summed E-state index contributed by atoms with van der Waals surface area (Å²) in [7, 11) is 0. The molecule has 1 aromatic carbocycles. The molecule has 0 bridgehead atoms. The monoisotopic (exact) mass is 449 g/mol. The largest absolute Gasteiger partial charge is 0.395 e. The molecule has 176 valence electrons. The second-order valence-corrected chi connectivity index (χ2v) is 8.09. The Kier molecular flexibility index (Phi) is 8.53. The summed E-state index contributed by atoms with van der Waals surface area (Å²) in [4.78, 5) is 19.7. The number of benzene rings is 1. The summed E-state index contributed by atoms with van der Waals surface area (Å²) in [6.45, 7) is 1.12. The Morgan fingerprint density at radius 2 is 1.97 bits per heavy atom. The number of piperidine rings is 1. The van der Waals surface area contributed by atoms with Crippen molar-refractivity contribution in [3.05, 3.63) is 40.8 Å². The van der Waals surface area contributed by atoms with Gasteiger partial charge in [-0.25, -0.2) is 4.98 Å². The minimum absolute atomic E-state index is 0.0107. The Balaban J connectivity index is 1.41. The number of anilines is 1. The minimum atomic E-state index is -1.24. The highest BCUT2D eigenvalue weighted by molar-refractivity contribution is 5.71. The van der Waals surface area contributed by atoms with Gasteiger partial charge in [0.15, 0.2) is 0 Å². The third kappa shape index (κ3) is 5.81. The van der Waals surface area contributed by atoms with Crippen molar-refractivity contribution in [2.45, 2.75) is 50.0 Å². The summed E-state index contributed by atoms with van der Waals surface area (Å²) in [5.74, 6) is 0. The van der Waals surface area contributed by atoms with E-state index in [1.54, 1.807) is 18.3 Å². The Morgan fingerprint density at radius 1 is 1.19 bits per heavy atom. The number of aromatic nitrogens is 2. The molecule has 3 rings (SSSR count). The minimum Gasteiger partial charge on any atom is -0.395 e. The number of unbranched alkanes of at least 4 members (excludes halogenated alkanes) is 3. The molecule has 1 fully saturated rings. The molecule has 0 spiro atoms. The van der Waals surface area contributed by atoms with Gasteiger partial charge >= 0.3 is 0 Å². The third-order valence-corrected chi connectivity index (χ3v) is 5.91. The molecule has 4 atom stereocenters. The predicted molar refractivity (Wildman–Crippen MR) is 118 cm³/mol. The second kappa shape index (κ2) is 11.3. The van der Waals surface area contributed by atoms with Gasteiger partial charge in [-0.3, -0.25) is 15.0 Å². The molecule has 11 nitrogen and oxygen atoms in total. The molecule has 1 aliphatic rings.